The molecule has 106 valence electrons. The minimum Gasteiger partial charge on any atom is -0.316 e. The standard InChI is InChI=1S/C19H25N/c1-14(2)12-20-13-18-11-19(18,3)17-9-8-15-6-4-5-7-16(15)10-17/h4-10,14,18,20H,11-13H2,1-3H3. The molecule has 1 nitrogen and oxygen atoms in total. The van der Waals surface area contributed by atoms with Gasteiger partial charge in [0.05, 0.1) is 0 Å². The molecular formula is C19H25N. The summed E-state index contributed by atoms with van der Waals surface area (Å²) in [5.74, 6) is 1.53. The first kappa shape index (κ1) is 13.6. The van der Waals surface area contributed by atoms with Crippen LogP contribution >= 0.6 is 0 Å². The fourth-order valence-corrected chi connectivity index (χ4v) is 3.19. The van der Waals surface area contributed by atoms with Crippen LogP contribution in [-0.2, 0) is 5.41 Å². The van der Waals surface area contributed by atoms with Crippen LogP contribution in [-0.4, -0.2) is 13.1 Å². The second-order valence-electron chi connectivity index (χ2n) is 6.93. The van der Waals surface area contributed by atoms with Gasteiger partial charge in [0.15, 0.2) is 0 Å². The lowest BCUT2D eigenvalue weighted by molar-refractivity contribution is 0.515. The van der Waals surface area contributed by atoms with E-state index >= 15 is 0 Å². The van der Waals surface area contributed by atoms with Crippen LogP contribution in [0.4, 0.5) is 0 Å². The molecule has 0 heterocycles. The molecule has 3 rings (SSSR count). The summed E-state index contributed by atoms with van der Waals surface area (Å²) in [5.41, 5.74) is 1.89. The smallest absolute Gasteiger partial charge is 0.00117 e. The maximum Gasteiger partial charge on any atom is -0.00117 e. The van der Waals surface area contributed by atoms with E-state index in [-0.39, 0.29) is 0 Å². The summed E-state index contributed by atoms with van der Waals surface area (Å²) in [5, 5.41) is 6.32. The van der Waals surface area contributed by atoms with E-state index in [0.717, 1.165) is 24.9 Å². The van der Waals surface area contributed by atoms with Crippen LogP contribution in [0.5, 0.6) is 0 Å². The third-order valence-electron chi connectivity index (χ3n) is 4.76. The van der Waals surface area contributed by atoms with Crippen molar-refractivity contribution in [2.75, 3.05) is 13.1 Å². The van der Waals surface area contributed by atoms with E-state index < -0.39 is 0 Å². The molecular weight excluding hydrogens is 242 g/mol. The average Bonchev–Trinajstić information content (AvgIpc) is 3.10. The van der Waals surface area contributed by atoms with Crippen LogP contribution in [0.1, 0.15) is 32.8 Å². The van der Waals surface area contributed by atoms with Gasteiger partial charge in [0.2, 0.25) is 0 Å². The molecule has 1 saturated carbocycles. The highest BCUT2D eigenvalue weighted by molar-refractivity contribution is 5.83. The van der Waals surface area contributed by atoms with Crippen molar-refractivity contribution in [1.29, 1.82) is 0 Å². The molecule has 0 radical (unpaired) electrons. The lowest BCUT2D eigenvalue weighted by atomic mass is 9.93. The number of rotatable bonds is 5. The molecule has 1 N–H and O–H groups in total. The Bertz CT molecular complexity index is 601. The molecule has 1 aliphatic rings. The van der Waals surface area contributed by atoms with Gasteiger partial charge in [-0.1, -0.05) is 63.2 Å². The second-order valence-corrected chi connectivity index (χ2v) is 6.93. The Kier molecular flexibility index (Phi) is 3.55. The molecule has 0 bridgehead atoms. The Labute approximate surface area is 122 Å². The topological polar surface area (TPSA) is 12.0 Å². The first-order valence-electron chi connectivity index (χ1n) is 7.79. The van der Waals surface area contributed by atoms with Crippen molar-refractivity contribution >= 4 is 10.8 Å². The SMILES string of the molecule is CC(C)CNCC1CC1(C)c1ccc2ccccc2c1. The third-order valence-corrected chi connectivity index (χ3v) is 4.76. The summed E-state index contributed by atoms with van der Waals surface area (Å²) in [4.78, 5) is 0. The predicted molar refractivity (Wildman–Crippen MR) is 87.1 cm³/mol. The van der Waals surface area contributed by atoms with Crippen LogP contribution < -0.4 is 5.32 Å². The summed E-state index contributed by atoms with van der Waals surface area (Å²) in [6, 6.07) is 15.6. The van der Waals surface area contributed by atoms with Gasteiger partial charge >= 0.3 is 0 Å². The van der Waals surface area contributed by atoms with Gasteiger partial charge in [-0.3, -0.25) is 0 Å². The van der Waals surface area contributed by atoms with Gasteiger partial charge in [-0.25, -0.2) is 0 Å². The van der Waals surface area contributed by atoms with Gasteiger partial charge in [0, 0.05) is 0 Å². The van der Waals surface area contributed by atoms with E-state index in [2.05, 4.69) is 68.6 Å². The molecule has 1 aliphatic carbocycles. The van der Waals surface area contributed by atoms with E-state index in [1.807, 2.05) is 0 Å². The Hall–Kier alpha value is -1.34. The Balaban J connectivity index is 1.72. The van der Waals surface area contributed by atoms with Crippen molar-refractivity contribution in [1.82, 2.24) is 5.32 Å². The number of hydrogen-bond acceptors (Lipinski definition) is 1. The lowest BCUT2D eigenvalue weighted by Crippen LogP contribution is -2.24. The van der Waals surface area contributed by atoms with Crippen LogP contribution in [0.25, 0.3) is 10.8 Å². The Morgan fingerprint density at radius 3 is 2.65 bits per heavy atom. The van der Waals surface area contributed by atoms with Crippen molar-refractivity contribution in [3.05, 3.63) is 48.0 Å². The van der Waals surface area contributed by atoms with Gasteiger partial charge in [0.1, 0.15) is 0 Å². The fourth-order valence-electron chi connectivity index (χ4n) is 3.19. The van der Waals surface area contributed by atoms with Crippen LogP contribution in [0.15, 0.2) is 42.5 Å². The van der Waals surface area contributed by atoms with E-state index in [9.17, 15) is 0 Å². The Morgan fingerprint density at radius 1 is 1.15 bits per heavy atom. The Morgan fingerprint density at radius 2 is 1.90 bits per heavy atom. The second kappa shape index (κ2) is 5.21. The number of hydrogen-bond donors (Lipinski definition) is 1. The van der Waals surface area contributed by atoms with Gasteiger partial charge in [0.25, 0.3) is 0 Å². The number of benzene rings is 2. The lowest BCUT2D eigenvalue weighted by Gasteiger charge is -2.14. The normalized spacial score (nSPS) is 25.3. The zero-order chi connectivity index (χ0) is 14.2. The molecule has 0 aromatic heterocycles. The third kappa shape index (κ3) is 2.60. The maximum atomic E-state index is 3.61. The first-order chi connectivity index (χ1) is 9.59. The molecule has 1 fully saturated rings. The molecule has 0 saturated heterocycles. The van der Waals surface area contributed by atoms with E-state index in [0.29, 0.717) is 5.41 Å². The fraction of sp³-hybridized carbons (Fsp3) is 0.474. The zero-order valence-corrected chi connectivity index (χ0v) is 12.8. The average molecular weight is 267 g/mol. The minimum atomic E-state index is 0.383. The van der Waals surface area contributed by atoms with E-state index in [1.54, 1.807) is 0 Å². The molecule has 0 spiro atoms. The van der Waals surface area contributed by atoms with Crippen LogP contribution in [0.3, 0.4) is 0 Å². The molecule has 0 aliphatic heterocycles. The highest BCUT2D eigenvalue weighted by Crippen LogP contribution is 2.53. The maximum absolute atomic E-state index is 3.61. The van der Waals surface area contributed by atoms with Crippen LogP contribution in [0.2, 0.25) is 0 Å². The van der Waals surface area contributed by atoms with E-state index in [1.165, 1.54) is 22.8 Å². The summed E-state index contributed by atoms with van der Waals surface area (Å²) in [6.45, 7) is 9.23. The zero-order valence-electron chi connectivity index (χ0n) is 12.8. The monoisotopic (exact) mass is 267 g/mol. The van der Waals surface area contributed by atoms with Crippen molar-refractivity contribution in [3.8, 4) is 0 Å². The summed E-state index contributed by atoms with van der Waals surface area (Å²) < 4.78 is 0. The first-order valence-corrected chi connectivity index (χ1v) is 7.79. The van der Waals surface area contributed by atoms with Crippen molar-refractivity contribution in [2.45, 2.75) is 32.6 Å². The number of nitrogens with one attached hydrogen (secondary N) is 1. The quantitative estimate of drug-likeness (QED) is 0.848. The molecule has 2 aromatic carbocycles. The minimum absolute atomic E-state index is 0.383. The summed E-state index contributed by atoms with van der Waals surface area (Å²) >= 11 is 0. The largest absolute Gasteiger partial charge is 0.316 e. The molecule has 1 heteroatoms. The molecule has 2 aromatic rings. The molecule has 2 unspecified atom stereocenters. The van der Waals surface area contributed by atoms with Gasteiger partial charge in [-0.2, -0.15) is 0 Å². The highest BCUT2D eigenvalue weighted by Gasteiger charge is 2.50. The summed E-state index contributed by atoms with van der Waals surface area (Å²) in [6.07, 6.45) is 1.32. The molecule has 2 atom stereocenters. The summed E-state index contributed by atoms with van der Waals surface area (Å²) in [7, 11) is 0. The molecule has 20 heavy (non-hydrogen) atoms. The predicted octanol–water partition coefficient (Wildman–Crippen LogP) is 4.36. The van der Waals surface area contributed by atoms with Gasteiger partial charge < -0.3 is 5.32 Å². The van der Waals surface area contributed by atoms with Gasteiger partial charge in [-0.15, -0.1) is 0 Å². The van der Waals surface area contributed by atoms with Crippen LogP contribution in [0, 0.1) is 11.8 Å². The molecule has 0 amide bonds. The van der Waals surface area contributed by atoms with Crippen molar-refractivity contribution in [3.63, 3.8) is 0 Å². The van der Waals surface area contributed by atoms with Gasteiger partial charge in [-0.05, 0) is 53.1 Å². The van der Waals surface area contributed by atoms with Crippen molar-refractivity contribution in [2.24, 2.45) is 11.8 Å². The number of fused-ring (bicyclic) bond motifs is 1. The van der Waals surface area contributed by atoms with E-state index in [4.69, 9.17) is 0 Å². The van der Waals surface area contributed by atoms with Crippen molar-refractivity contribution < 1.29 is 0 Å². The highest BCUT2D eigenvalue weighted by atomic mass is 14.9.